The van der Waals surface area contributed by atoms with Crippen molar-refractivity contribution in [3.63, 3.8) is 0 Å². The minimum absolute atomic E-state index is 0.0258. The SMILES string of the molecule is CCCCCCOc1ccc(C(=O)NC(=S)Nc2c(I)cc(I)cc2C(=O)O)cc1. The third-order valence-electron chi connectivity index (χ3n) is 4.13. The van der Waals surface area contributed by atoms with Crippen LogP contribution in [-0.4, -0.2) is 28.7 Å². The van der Waals surface area contributed by atoms with Crippen LogP contribution < -0.4 is 15.4 Å². The number of thiocarbonyl (C=S) groups is 1. The van der Waals surface area contributed by atoms with Crippen LogP contribution in [0, 0.1) is 7.14 Å². The van der Waals surface area contributed by atoms with Gasteiger partial charge in [0.25, 0.3) is 5.91 Å². The summed E-state index contributed by atoms with van der Waals surface area (Å²) >= 11 is 9.28. The second kappa shape index (κ2) is 12.4. The minimum Gasteiger partial charge on any atom is -0.494 e. The number of hydrogen-bond acceptors (Lipinski definition) is 4. The lowest BCUT2D eigenvalue weighted by atomic mass is 10.2. The van der Waals surface area contributed by atoms with Crippen LogP contribution in [-0.2, 0) is 0 Å². The van der Waals surface area contributed by atoms with E-state index < -0.39 is 5.97 Å². The van der Waals surface area contributed by atoms with Crippen molar-refractivity contribution in [2.24, 2.45) is 0 Å². The van der Waals surface area contributed by atoms with Crippen molar-refractivity contribution in [2.45, 2.75) is 32.6 Å². The zero-order chi connectivity index (χ0) is 22.1. The van der Waals surface area contributed by atoms with Crippen LogP contribution in [0.2, 0.25) is 0 Å². The zero-order valence-corrected chi connectivity index (χ0v) is 21.5. The van der Waals surface area contributed by atoms with Crippen LogP contribution in [0.15, 0.2) is 36.4 Å². The molecular formula is C21H22I2N2O4S. The lowest BCUT2D eigenvalue weighted by molar-refractivity contribution is 0.0697. The topological polar surface area (TPSA) is 87.7 Å². The number of carboxylic acids is 1. The van der Waals surface area contributed by atoms with Gasteiger partial charge in [-0.2, -0.15) is 0 Å². The molecule has 0 aliphatic rings. The molecule has 30 heavy (non-hydrogen) atoms. The third kappa shape index (κ3) is 7.65. The van der Waals surface area contributed by atoms with Gasteiger partial charge in [-0.15, -0.1) is 0 Å². The third-order valence-corrected chi connectivity index (χ3v) is 5.81. The Morgan fingerprint density at radius 1 is 1.10 bits per heavy atom. The number of anilines is 1. The average molecular weight is 652 g/mol. The number of carbonyl (C=O) groups is 2. The van der Waals surface area contributed by atoms with Gasteiger partial charge in [-0.25, -0.2) is 4.79 Å². The standard InChI is InChI=1S/C21H22I2N2O4S/c1-2-3-4-5-10-29-15-8-6-13(7-9-15)19(26)25-21(30)24-18-16(20(27)28)11-14(22)12-17(18)23/h6-9,11-12H,2-5,10H2,1H3,(H,27,28)(H2,24,25,26,30). The molecule has 0 saturated heterocycles. The summed E-state index contributed by atoms with van der Waals surface area (Å²) in [6.07, 6.45) is 4.53. The van der Waals surface area contributed by atoms with E-state index in [9.17, 15) is 14.7 Å². The van der Waals surface area contributed by atoms with Crippen molar-refractivity contribution in [1.82, 2.24) is 5.32 Å². The minimum atomic E-state index is -1.08. The molecule has 2 rings (SSSR count). The maximum atomic E-state index is 12.4. The molecule has 3 N–H and O–H groups in total. The van der Waals surface area contributed by atoms with E-state index in [1.807, 2.05) is 28.7 Å². The highest BCUT2D eigenvalue weighted by Crippen LogP contribution is 2.26. The molecule has 2 aromatic rings. The fourth-order valence-electron chi connectivity index (χ4n) is 2.61. The van der Waals surface area contributed by atoms with Crippen molar-refractivity contribution in [2.75, 3.05) is 11.9 Å². The molecule has 9 heteroatoms. The molecule has 0 saturated carbocycles. The summed E-state index contributed by atoms with van der Waals surface area (Å²) in [7, 11) is 0. The number of carboxylic acid groups (broad SMARTS) is 1. The first kappa shape index (κ1) is 24.8. The van der Waals surface area contributed by atoms with Gasteiger partial charge >= 0.3 is 5.97 Å². The molecule has 0 spiro atoms. The first-order valence-corrected chi connectivity index (χ1v) is 12.0. The Hall–Kier alpha value is -1.47. The highest BCUT2D eigenvalue weighted by Gasteiger charge is 2.17. The van der Waals surface area contributed by atoms with Crippen molar-refractivity contribution in [3.8, 4) is 5.75 Å². The second-order valence-corrected chi connectivity index (χ2v) is 9.27. The number of carbonyl (C=O) groups excluding carboxylic acids is 1. The summed E-state index contributed by atoms with van der Waals surface area (Å²) in [6, 6.07) is 10.2. The smallest absolute Gasteiger partial charge is 0.337 e. The molecule has 0 aromatic heterocycles. The zero-order valence-electron chi connectivity index (χ0n) is 16.3. The van der Waals surface area contributed by atoms with E-state index in [0.29, 0.717) is 27.2 Å². The van der Waals surface area contributed by atoms with Gasteiger partial charge in [0.05, 0.1) is 17.9 Å². The van der Waals surface area contributed by atoms with Crippen molar-refractivity contribution in [3.05, 3.63) is 54.7 Å². The molecule has 0 aliphatic heterocycles. The second-order valence-electron chi connectivity index (χ2n) is 6.46. The van der Waals surface area contributed by atoms with Crippen LogP contribution >= 0.6 is 57.4 Å². The van der Waals surface area contributed by atoms with Gasteiger partial charge in [0, 0.05) is 12.7 Å². The maximum absolute atomic E-state index is 12.4. The van der Waals surface area contributed by atoms with Crippen LogP contribution in [0.4, 0.5) is 5.69 Å². The highest BCUT2D eigenvalue weighted by molar-refractivity contribution is 14.1. The fraction of sp³-hybridized carbons (Fsp3) is 0.286. The Balaban J connectivity index is 1.95. The van der Waals surface area contributed by atoms with E-state index in [0.717, 1.165) is 16.4 Å². The quantitative estimate of drug-likeness (QED) is 0.184. The first-order valence-electron chi connectivity index (χ1n) is 9.39. The normalized spacial score (nSPS) is 10.4. The Labute approximate surface area is 208 Å². The van der Waals surface area contributed by atoms with Gasteiger partial charge < -0.3 is 15.2 Å². The number of unbranched alkanes of at least 4 members (excludes halogenated alkanes) is 3. The number of hydrogen-bond donors (Lipinski definition) is 3. The monoisotopic (exact) mass is 652 g/mol. The lowest BCUT2D eigenvalue weighted by Crippen LogP contribution is -2.34. The number of rotatable bonds is 9. The molecule has 0 fully saturated rings. The van der Waals surface area contributed by atoms with Crippen LogP contribution in [0.25, 0.3) is 0 Å². The summed E-state index contributed by atoms with van der Waals surface area (Å²) in [6.45, 7) is 2.82. The van der Waals surface area contributed by atoms with Crippen molar-refractivity contribution in [1.29, 1.82) is 0 Å². The van der Waals surface area contributed by atoms with E-state index in [4.69, 9.17) is 17.0 Å². The van der Waals surface area contributed by atoms with E-state index in [-0.39, 0.29) is 16.6 Å². The number of aromatic carboxylic acids is 1. The van der Waals surface area contributed by atoms with Crippen molar-refractivity contribution >= 4 is 80.1 Å². The largest absolute Gasteiger partial charge is 0.494 e. The summed E-state index contributed by atoms with van der Waals surface area (Å²) in [5.74, 6) is -0.754. The molecule has 0 bridgehead atoms. The van der Waals surface area contributed by atoms with Gasteiger partial charge in [-0.05, 0) is 100 Å². The number of amides is 1. The Kier molecular flexibility index (Phi) is 10.2. The molecular weight excluding hydrogens is 630 g/mol. The Morgan fingerprint density at radius 2 is 1.80 bits per heavy atom. The predicted molar refractivity (Wildman–Crippen MR) is 139 cm³/mol. The molecule has 1 amide bonds. The van der Waals surface area contributed by atoms with Gasteiger partial charge in [-0.3, -0.25) is 10.1 Å². The van der Waals surface area contributed by atoms with Gasteiger partial charge in [0.1, 0.15) is 5.75 Å². The molecule has 2 aromatic carbocycles. The van der Waals surface area contributed by atoms with Crippen LogP contribution in [0.1, 0.15) is 53.3 Å². The molecule has 0 unspecified atom stereocenters. The van der Waals surface area contributed by atoms with E-state index in [1.165, 1.54) is 12.8 Å². The fourth-order valence-corrected chi connectivity index (χ4v) is 4.79. The maximum Gasteiger partial charge on any atom is 0.337 e. The number of halogens is 2. The molecule has 0 aliphatic carbocycles. The summed E-state index contributed by atoms with van der Waals surface area (Å²) < 4.78 is 7.16. The summed E-state index contributed by atoms with van der Waals surface area (Å²) in [5, 5.41) is 14.9. The van der Waals surface area contributed by atoms with Gasteiger partial charge in [0.15, 0.2) is 5.11 Å². The number of benzene rings is 2. The lowest BCUT2D eigenvalue weighted by Gasteiger charge is -2.14. The molecule has 6 nitrogen and oxygen atoms in total. The van der Waals surface area contributed by atoms with E-state index in [1.54, 1.807) is 30.3 Å². The summed E-state index contributed by atoms with van der Waals surface area (Å²) in [4.78, 5) is 24.0. The Bertz CT molecular complexity index is 920. The Morgan fingerprint density at radius 3 is 2.43 bits per heavy atom. The first-order chi connectivity index (χ1) is 14.3. The predicted octanol–water partition coefficient (Wildman–Crippen LogP) is 5.68. The van der Waals surface area contributed by atoms with Crippen LogP contribution in [0.3, 0.4) is 0 Å². The molecule has 0 radical (unpaired) electrons. The van der Waals surface area contributed by atoms with Crippen molar-refractivity contribution < 1.29 is 19.4 Å². The molecule has 0 heterocycles. The van der Waals surface area contributed by atoms with Gasteiger partial charge in [0.2, 0.25) is 0 Å². The van der Waals surface area contributed by atoms with Crippen LogP contribution in [0.5, 0.6) is 5.75 Å². The number of nitrogens with one attached hydrogen (secondary N) is 2. The molecule has 160 valence electrons. The van der Waals surface area contributed by atoms with E-state index >= 15 is 0 Å². The van der Waals surface area contributed by atoms with Gasteiger partial charge in [-0.1, -0.05) is 26.2 Å². The average Bonchev–Trinajstić information content (AvgIpc) is 2.70. The van der Waals surface area contributed by atoms with E-state index in [2.05, 4.69) is 40.1 Å². The summed E-state index contributed by atoms with van der Waals surface area (Å²) in [5.41, 5.74) is 0.859. The molecule has 0 atom stereocenters. The highest BCUT2D eigenvalue weighted by atomic mass is 127. The number of ether oxygens (including phenoxy) is 1.